The molecule has 0 bridgehead atoms. The molecule has 2 aromatic rings. The number of hydrogen-bond acceptors (Lipinski definition) is 4. The molecule has 0 spiro atoms. The van der Waals surface area contributed by atoms with Crippen LogP contribution in [0, 0.1) is 0 Å². The average molecular weight is 449 g/mol. The number of nitrogens with one attached hydrogen (secondary N) is 1. The normalized spacial score (nSPS) is 12.7. The number of ether oxygens (including phenoxy) is 1. The van der Waals surface area contributed by atoms with Crippen LogP contribution in [0.3, 0.4) is 0 Å². The molecule has 1 N–H and O–H groups in total. The minimum Gasteiger partial charge on any atom is -0.496 e. The molecule has 1 amide bonds. The van der Waals surface area contributed by atoms with E-state index in [0.717, 1.165) is 14.9 Å². The third-order valence-electron chi connectivity index (χ3n) is 3.88. The first-order valence-corrected chi connectivity index (χ1v) is 8.92. The second kappa shape index (κ2) is 9.27. The highest BCUT2D eigenvalue weighted by molar-refractivity contribution is 9.10. The predicted octanol–water partition coefficient (Wildman–Crippen LogP) is 4.29. The van der Waals surface area contributed by atoms with Gasteiger partial charge in [-0.3, -0.25) is 4.79 Å². The van der Waals surface area contributed by atoms with Gasteiger partial charge in [0.25, 0.3) is 0 Å². The Morgan fingerprint density at radius 3 is 2.67 bits per heavy atom. The number of alkyl halides is 3. The smallest absolute Gasteiger partial charge is 0.406 e. The van der Waals surface area contributed by atoms with E-state index in [1.165, 1.54) is 12.3 Å². The molecule has 0 radical (unpaired) electrons. The fourth-order valence-electron chi connectivity index (χ4n) is 2.46. The van der Waals surface area contributed by atoms with Gasteiger partial charge in [-0.2, -0.15) is 13.2 Å². The summed E-state index contributed by atoms with van der Waals surface area (Å²) in [5.41, 5.74) is 0.865. The Morgan fingerprint density at radius 1 is 1.37 bits per heavy atom. The van der Waals surface area contributed by atoms with Crippen molar-refractivity contribution in [2.45, 2.75) is 25.7 Å². The molecule has 1 atom stereocenters. The first kappa shape index (κ1) is 21.3. The zero-order valence-corrected chi connectivity index (χ0v) is 16.4. The van der Waals surface area contributed by atoms with Gasteiger partial charge >= 0.3 is 6.18 Å². The number of furan rings is 1. The molecule has 0 aliphatic carbocycles. The number of nitrogens with zero attached hydrogens (tertiary/aromatic N) is 1. The van der Waals surface area contributed by atoms with Crippen molar-refractivity contribution in [1.82, 2.24) is 10.2 Å². The molecule has 1 aromatic carbocycles. The van der Waals surface area contributed by atoms with Gasteiger partial charge in [0.2, 0.25) is 5.91 Å². The number of carbonyl (C=O) groups is 1. The standard InChI is InChI=1S/C18H20BrF3N2O3/c1-12(13-5-6-16(26-2)15(19)8-13)23-9-17(25)24(11-18(20,21)22)10-14-4-3-7-27-14/h3-8,12,23H,9-11H2,1-2H3/t12-/m1/s1. The SMILES string of the molecule is COc1ccc([C@@H](C)NCC(=O)N(Cc2ccco2)CC(F)(F)F)cc1Br. The topological polar surface area (TPSA) is 54.7 Å². The molecular weight excluding hydrogens is 429 g/mol. The monoisotopic (exact) mass is 448 g/mol. The van der Waals surface area contributed by atoms with Gasteiger partial charge in [-0.1, -0.05) is 6.07 Å². The second-order valence-corrected chi connectivity index (χ2v) is 6.80. The van der Waals surface area contributed by atoms with Crippen molar-refractivity contribution in [1.29, 1.82) is 0 Å². The van der Waals surface area contributed by atoms with E-state index < -0.39 is 18.6 Å². The van der Waals surface area contributed by atoms with E-state index in [0.29, 0.717) is 11.5 Å². The van der Waals surface area contributed by atoms with Gasteiger partial charge in [0, 0.05) is 6.04 Å². The molecule has 1 heterocycles. The molecule has 0 aliphatic rings. The molecule has 0 saturated carbocycles. The average Bonchev–Trinajstić information content (AvgIpc) is 3.10. The molecule has 9 heteroatoms. The van der Waals surface area contributed by atoms with Crippen LogP contribution in [0.5, 0.6) is 5.75 Å². The van der Waals surface area contributed by atoms with Gasteiger partial charge in [-0.05, 0) is 52.7 Å². The first-order valence-electron chi connectivity index (χ1n) is 8.13. The largest absolute Gasteiger partial charge is 0.496 e. The highest BCUT2D eigenvalue weighted by Gasteiger charge is 2.33. The molecular formula is C18H20BrF3N2O3. The molecule has 148 valence electrons. The van der Waals surface area contributed by atoms with Crippen LogP contribution in [-0.2, 0) is 11.3 Å². The van der Waals surface area contributed by atoms with E-state index in [1.54, 1.807) is 19.2 Å². The first-order chi connectivity index (χ1) is 12.7. The zero-order valence-electron chi connectivity index (χ0n) is 14.8. The van der Waals surface area contributed by atoms with E-state index in [1.807, 2.05) is 19.1 Å². The van der Waals surface area contributed by atoms with Gasteiger partial charge in [-0.25, -0.2) is 0 Å². The number of rotatable bonds is 8. The summed E-state index contributed by atoms with van der Waals surface area (Å²) in [6.45, 7) is 0.00985. The fraction of sp³-hybridized carbons (Fsp3) is 0.389. The van der Waals surface area contributed by atoms with E-state index in [-0.39, 0.29) is 19.1 Å². The predicted molar refractivity (Wildman–Crippen MR) is 97.3 cm³/mol. The number of methoxy groups -OCH3 is 1. The number of carbonyl (C=O) groups excluding carboxylic acids is 1. The lowest BCUT2D eigenvalue weighted by atomic mass is 10.1. The maximum Gasteiger partial charge on any atom is 0.406 e. The number of amides is 1. The Hall–Kier alpha value is -2.00. The van der Waals surface area contributed by atoms with Gasteiger partial charge < -0.3 is 19.4 Å². The highest BCUT2D eigenvalue weighted by Crippen LogP contribution is 2.28. The van der Waals surface area contributed by atoms with Crippen molar-refractivity contribution in [3.8, 4) is 5.75 Å². The molecule has 0 saturated heterocycles. The number of hydrogen-bond donors (Lipinski definition) is 1. The van der Waals surface area contributed by atoms with Crippen molar-refractivity contribution in [2.75, 3.05) is 20.2 Å². The summed E-state index contributed by atoms with van der Waals surface area (Å²) in [5, 5.41) is 2.96. The Balaban J connectivity index is 2.00. The zero-order chi connectivity index (χ0) is 20.0. The minimum absolute atomic E-state index is 0.235. The van der Waals surface area contributed by atoms with E-state index >= 15 is 0 Å². The Bertz CT molecular complexity index is 751. The van der Waals surface area contributed by atoms with Crippen LogP contribution in [0.2, 0.25) is 0 Å². The van der Waals surface area contributed by atoms with Crippen molar-refractivity contribution < 1.29 is 27.1 Å². The van der Waals surface area contributed by atoms with E-state index in [9.17, 15) is 18.0 Å². The lowest BCUT2D eigenvalue weighted by Crippen LogP contribution is -2.43. The summed E-state index contributed by atoms with van der Waals surface area (Å²) >= 11 is 3.38. The summed E-state index contributed by atoms with van der Waals surface area (Å²) in [6, 6.07) is 8.27. The third-order valence-corrected chi connectivity index (χ3v) is 4.50. The molecule has 27 heavy (non-hydrogen) atoms. The molecule has 5 nitrogen and oxygen atoms in total. The van der Waals surface area contributed by atoms with Crippen LogP contribution in [0.15, 0.2) is 45.5 Å². The minimum atomic E-state index is -4.49. The van der Waals surface area contributed by atoms with Gasteiger partial charge in [0.15, 0.2) is 0 Å². The molecule has 0 aliphatic heterocycles. The van der Waals surface area contributed by atoms with E-state index in [2.05, 4.69) is 21.2 Å². The van der Waals surface area contributed by atoms with Crippen molar-refractivity contribution in [2.24, 2.45) is 0 Å². The molecule has 0 unspecified atom stereocenters. The molecule has 1 aromatic heterocycles. The van der Waals surface area contributed by atoms with Crippen LogP contribution >= 0.6 is 15.9 Å². The van der Waals surface area contributed by atoms with Crippen molar-refractivity contribution >= 4 is 21.8 Å². The van der Waals surface area contributed by atoms with Gasteiger partial charge in [-0.15, -0.1) is 0 Å². The third kappa shape index (κ3) is 6.59. The Kier molecular flexibility index (Phi) is 7.32. The van der Waals surface area contributed by atoms with Gasteiger partial charge in [0.05, 0.1) is 30.9 Å². The van der Waals surface area contributed by atoms with Gasteiger partial charge in [0.1, 0.15) is 18.1 Å². The Morgan fingerprint density at radius 2 is 2.11 bits per heavy atom. The lowest BCUT2D eigenvalue weighted by Gasteiger charge is -2.24. The van der Waals surface area contributed by atoms with Crippen LogP contribution < -0.4 is 10.1 Å². The van der Waals surface area contributed by atoms with Crippen LogP contribution in [0.1, 0.15) is 24.3 Å². The summed E-state index contributed by atoms with van der Waals surface area (Å²) in [7, 11) is 1.55. The van der Waals surface area contributed by atoms with E-state index in [4.69, 9.17) is 9.15 Å². The maximum absolute atomic E-state index is 12.8. The lowest BCUT2D eigenvalue weighted by molar-refractivity contribution is -0.162. The maximum atomic E-state index is 12.8. The van der Waals surface area contributed by atoms with Crippen molar-refractivity contribution in [3.63, 3.8) is 0 Å². The highest BCUT2D eigenvalue weighted by atomic mass is 79.9. The molecule has 2 rings (SSSR count). The number of benzene rings is 1. The summed E-state index contributed by atoms with van der Waals surface area (Å²) in [5.74, 6) is 0.291. The molecule has 0 fully saturated rings. The quantitative estimate of drug-likeness (QED) is 0.654. The summed E-state index contributed by atoms with van der Waals surface area (Å²) in [4.78, 5) is 13.1. The number of halogens is 4. The van der Waals surface area contributed by atoms with Crippen LogP contribution in [0.4, 0.5) is 13.2 Å². The summed E-state index contributed by atoms with van der Waals surface area (Å²) < 4.78 is 49.4. The second-order valence-electron chi connectivity index (χ2n) is 5.94. The van der Waals surface area contributed by atoms with Crippen LogP contribution in [0.25, 0.3) is 0 Å². The fourth-order valence-corrected chi connectivity index (χ4v) is 3.02. The Labute approximate surface area is 163 Å². The van der Waals surface area contributed by atoms with Crippen LogP contribution in [-0.4, -0.2) is 37.2 Å². The van der Waals surface area contributed by atoms with Crippen molar-refractivity contribution in [3.05, 3.63) is 52.4 Å². The summed E-state index contributed by atoms with van der Waals surface area (Å²) in [6.07, 6.45) is -3.14.